The SMILES string of the molecule is CCn1c(N2CC(C)OC(C)C2)c(/C=C2/SC(=S)N(CCC(=O)O)C2=O)c(C)c(C#N)c1=O. The number of aliphatic carboxylic acids is 1. The normalized spacial score (nSPS) is 22.2. The number of anilines is 1. The van der Waals surface area contributed by atoms with E-state index in [1.807, 2.05) is 26.8 Å². The summed E-state index contributed by atoms with van der Waals surface area (Å²) in [6, 6.07) is 2.01. The molecule has 0 spiro atoms. The molecule has 1 N–H and O–H groups in total. The topological polar surface area (TPSA) is 116 Å². The zero-order valence-electron chi connectivity index (χ0n) is 19.0. The monoisotopic (exact) mass is 490 g/mol. The Labute approximate surface area is 201 Å². The van der Waals surface area contributed by atoms with Crippen molar-refractivity contribution in [1.82, 2.24) is 9.47 Å². The number of amides is 1. The van der Waals surface area contributed by atoms with Crippen molar-refractivity contribution < 1.29 is 19.4 Å². The lowest BCUT2D eigenvalue weighted by molar-refractivity contribution is -0.137. The standard InChI is InChI=1S/C22H26N4O5S2/c1-5-25-19(24-10-12(2)31-13(3)11-24)15(14(4)16(9-23)20(25)29)8-17-21(30)26(22(32)33-17)7-6-18(27)28/h8,12-13H,5-7,10-11H2,1-4H3,(H,27,28)/b17-8+. The molecule has 2 fully saturated rings. The lowest BCUT2D eigenvalue weighted by Gasteiger charge is -2.39. The molecular formula is C22H26N4O5S2. The molecule has 0 bridgehead atoms. The number of carboxylic acids is 1. The van der Waals surface area contributed by atoms with Crippen LogP contribution in [-0.2, 0) is 20.9 Å². The molecule has 1 aromatic rings. The van der Waals surface area contributed by atoms with Crippen LogP contribution in [0.15, 0.2) is 9.70 Å². The first kappa shape index (κ1) is 25.0. The second-order valence-electron chi connectivity index (χ2n) is 8.04. The summed E-state index contributed by atoms with van der Waals surface area (Å²) in [6.45, 7) is 8.90. The van der Waals surface area contributed by atoms with Gasteiger partial charge >= 0.3 is 5.97 Å². The van der Waals surface area contributed by atoms with Gasteiger partial charge in [-0.15, -0.1) is 0 Å². The molecule has 3 rings (SSSR count). The van der Waals surface area contributed by atoms with Gasteiger partial charge in [-0.25, -0.2) is 0 Å². The van der Waals surface area contributed by atoms with E-state index in [4.69, 9.17) is 22.1 Å². The highest BCUT2D eigenvalue weighted by Gasteiger charge is 2.34. The molecule has 33 heavy (non-hydrogen) atoms. The smallest absolute Gasteiger partial charge is 0.305 e. The van der Waals surface area contributed by atoms with E-state index in [0.717, 1.165) is 11.8 Å². The Morgan fingerprint density at radius 3 is 2.52 bits per heavy atom. The fraction of sp³-hybridized carbons (Fsp3) is 0.500. The van der Waals surface area contributed by atoms with Crippen molar-refractivity contribution in [2.45, 2.75) is 52.9 Å². The molecule has 11 heteroatoms. The Morgan fingerprint density at radius 2 is 1.97 bits per heavy atom. The molecule has 2 aliphatic rings. The second kappa shape index (κ2) is 10.1. The molecule has 2 saturated heterocycles. The molecule has 176 valence electrons. The number of carboxylic acid groups (broad SMARTS) is 1. The Morgan fingerprint density at radius 1 is 1.33 bits per heavy atom. The summed E-state index contributed by atoms with van der Waals surface area (Å²) in [7, 11) is 0. The van der Waals surface area contributed by atoms with Gasteiger partial charge in [0.2, 0.25) is 0 Å². The van der Waals surface area contributed by atoms with Crippen molar-refractivity contribution in [2.24, 2.45) is 0 Å². The Balaban J connectivity index is 2.17. The van der Waals surface area contributed by atoms with E-state index in [0.29, 0.717) is 41.5 Å². The molecule has 0 radical (unpaired) electrons. The number of hydrogen-bond acceptors (Lipinski definition) is 8. The number of hydrogen-bond donors (Lipinski definition) is 1. The van der Waals surface area contributed by atoms with Crippen molar-refractivity contribution in [3.63, 3.8) is 0 Å². The van der Waals surface area contributed by atoms with Crippen molar-refractivity contribution >= 4 is 52.1 Å². The van der Waals surface area contributed by atoms with Crippen LogP contribution >= 0.6 is 24.0 Å². The Bertz CT molecular complexity index is 1130. The molecule has 0 aromatic carbocycles. The highest BCUT2D eigenvalue weighted by molar-refractivity contribution is 8.26. The average molecular weight is 491 g/mol. The first-order chi connectivity index (χ1) is 15.6. The van der Waals surface area contributed by atoms with Gasteiger partial charge in [0.05, 0.1) is 23.5 Å². The summed E-state index contributed by atoms with van der Waals surface area (Å²) in [4.78, 5) is 40.7. The Kier molecular flexibility index (Phi) is 7.62. The van der Waals surface area contributed by atoms with Crippen LogP contribution in [-0.4, -0.2) is 62.6 Å². The van der Waals surface area contributed by atoms with Crippen LogP contribution in [0.25, 0.3) is 6.08 Å². The molecule has 2 atom stereocenters. The maximum absolute atomic E-state index is 13.1. The van der Waals surface area contributed by atoms with Crippen LogP contribution < -0.4 is 10.5 Å². The number of rotatable bonds is 6. The average Bonchev–Trinajstić information content (AvgIpc) is 3.00. The first-order valence-corrected chi connectivity index (χ1v) is 11.9. The van der Waals surface area contributed by atoms with E-state index in [2.05, 4.69) is 4.90 Å². The number of nitrogens with zero attached hydrogens (tertiary/aromatic N) is 4. The summed E-state index contributed by atoms with van der Waals surface area (Å²) in [6.07, 6.45) is 1.33. The van der Waals surface area contributed by atoms with Gasteiger partial charge in [-0.1, -0.05) is 24.0 Å². The molecule has 1 aromatic heterocycles. The molecule has 0 aliphatic carbocycles. The molecule has 3 heterocycles. The van der Waals surface area contributed by atoms with E-state index in [1.165, 1.54) is 4.90 Å². The third kappa shape index (κ3) is 4.98. The van der Waals surface area contributed by atoms with Crippen LogP contribution in [0.4, 0.5) is 5.82 Å². The predicted molar refractivity (Wildman–Crippen MR) is 130 cm³/mol. The number of aromatic nitrogens is 1. The molecule has 2 unspecified atom stereocenters. The molecular weight excluding hydrogens is 464 g/mol. The van der Waals surface area contributed by atoms with E-state index in [9.17, 15) is 19.6 Å². The molecule has 0 saturated carbocycles. The van der Waals surface area contributed by atoms with Crippen molar-refractivity contribution in [2.75, 3.05) is 24.5 Å². The largest absolute Gasteiger partial charge is 0.481 e. The number of carbonyl (C=O) groups excluding carboxylic acids is 1. The molecule has 2 aliphatic heterocycles. The van der Waals surface area contributed by atoms with Gasteiger partial charge in [0.25, 0.3) is 11.5 Å². The van der Waals surface area contributed by atoms with E-state index >= 15 is 0 Å². The van der Waals surface area contributed by atoms with E-state index in [-0.39, 0.29) is 46.5 Å². The minimum absolute atomic E-state index is 0.0143. The highest BCUT2D eigenvalue weighted by atomic mass is 32.2. The maximum Gasteiger partial charge on any atom is 0.305 e. The minimum atomic E-state index is -1.02. The lowest BCUT2D eigenvalue weighted by atomic mass is 10.0. The van der Waals surface area contributed by atoms with Crippen LogP contribution in [0.3, 0.4) is 0 Å². The van der Waals surface area contributed by atoms with Crippen molar-refractivity contribution in [3.05, 3.63) is 31.9 Å². The second-order valence-corrected chi connectivity index (χ2v) is 9.71. The number of pyridine rings is 1. The van der Waals surface area contributed by atoms with Crippen molar-refractivity contribution in [1.29, 1.82) is 5.26 Å². The third-order valence-corrected chi connectivity index (χ3v) is 6.96. The quantitative estimate of drug-likeness (QED) is 0.474. The zero-order valence-corrected chi connectivity index (χ0v) is 20.6. The van der Waals surface area contributed by atoms with Crippen LogP contribution in [0.2, 0.25) is 0 Å². The predicted octanol–water partition coefficient (Wildman–Crippen LogP) is 2.34. The number of thioether (sulfide) groups is 1. The van der Waals surface area contributed by atoms with Crippen LogP contribution in [0, 0.1) is 18.3 Å². The minimum Gasteiger partial charge on any atom is -0.481 e. The van der Waals surface area contributed by atoms with Crippen LogP contribution in [0.1, 0.15) is 43.9 Å². The molecule has 9 nitrogen and oxygen atoms in total. The maximum atomic E-state index is 13.1. The summed E-state index contributed by atoms with van der Waals surface area (Å²) < 4.78 is 7.70. The fourth-order valence-electron chi connectivity index (χ4n) is 4.16. The fourth-order valence-corrected chi connectivity index (χ4v) is 5.45. The van der Waals surface area contributed by atoms with Gasteiger partial charge in [-0.2, -0.15) is 5.26 Å². The van der Waals surface area contributed by atoms with Gasteiger partial charge in [0.1, 0.15) is 21.8 Å². The van der Waals surface area contributed by atoms with Gasteiger partial charge in [-0.3, -0.25) is 23.9 Å². The third-order valence-electron chi connectivity index (χ3n) is 5.58. The van der Waals surface area contributed by atoms with Gasteiger partial charge in [0.15, 0.2) is 0 Å². The number of ether oxygens (including phenoxy) is 1. The van der Waals surface area contributed by atoms with E-state index < -0.39 is 5.97 Å². The summed E-state index contributed by atoms with van der Waals surface area (Å²) in [5.74, 6) is -0.764. The zero-order chi connectivity index (χ0) is 24.4. The number of nitriles is 1. The first-order valence-electron chi connectivity index (χ1n) is 10.6. The summed E-state index contributed by atoms with van der Waals surface area (Å²) in [5, 5.41) is 18.6. The highest BCUT2D eigenvalue weighted by Crippen LogP contribution is 2.36. The summed E-state index contributed by atoms with van der Waals surface area (Å²) >= 11 is 6.39. The Hall–Kier alpha value is -2.68. The summed E-state index contributed by atoms with van der Waals surface area (Å²) in [5.41, 5.74) is 0.755. The van der Waals surface area contributed by atoms with Crippen molar-refractivity contribution in [3.8, 4) is 6.07 Å². The van der Waals surface area contributed by atoms with Gasteiger partial charge in [0, 0.05) is 31.7 Å². The van der Waals surface area contributed by atoms with E-state index in [1.54, 1.807) is 17.6 Å². The number of thiocarbonyl (C=S) groups is 1. The van der Waals surface area contributed by atoms with Gasteiger partial charge < -0.3 is 14.7 Å². The number of morpholine rings is 1. The van der Waals surface area contributed by atoms with Gasteiger partial charge in [-0.05, 0) is 39.3 Å². The van der Waals surface area contributed by atoms with Crippen LogP contribution in [0.5, 0.6) is 0 Å². The molecule has 1 amide bonds. The number of carbonyl (C=O) groups is 2. The lowest BCUT2D eigenvalue weighted by Crippen LogP contribution is -2.48.